The van der Waals surface area contributed by atoms with E-state index in [0.717, 1.165) is 11.0 Å². The number of nitrogens with zero attached hydrogens (tertiary/aromatic N) is 3. The van der Waals surface area contributed by atoms with Crippen molar-refractivity contribution in [1.82, 2.24) is 15.4 Å². The fourth-order valence-corrected chi connectivity index (χ4v) is 1.94. The molecule has 0 aliphatic carbocycles. The molecule has 0 unspecified atom stereocenters. The molecule has 0 bridgehead atoms. The predicted octanol–water partition coefficient (Wildman–Crippen LogP) is 2.30. The van der Waals surface area contributed by atoms with Gasteiger partial charge < -0.3 is 4.74 Å². The van der Waals surface area contributed by atoms with Crippen molar-refractivity contribution in [3.8, 4) is 5.75 Å². The Labute approximate surface area is 137 Å². The normalized spacial score (nSPS) is 10.9. The van der Waals surface area contributed by atoms with E-state index in [0.29, 0.717) is 5.69 Å². The van der Waals surface area contributed by atoms with E-state index in [1.54, 1.807) is 12.3 Å². The Morgan fingerprint density at radius 1 is 1.21 bits per heavy atom. The lowest BCUT2D eigenvalue weighted by atomic mass is 10.3. The van der Waals surface area contributed by atoms with E-state index in [9.17, 15) is 9.18 Å². The van der Waals surface area contributed by atoms with Crippen LogP contribution in [0.15, 0.2) is 59.8 Å². The number of amides is 1. The molecule has 1 heterocycles. The minimum Gasteiger partial charge on any atom is -0.484 e. The Hall–Kier alpha value is -3.35. The Balaban J connectivity index is 1.54. The second-order valence-electron chi connectivity index (χ2n) is 4.82. The summed E-state index contributed by atoms with van der Waals surface area (Å²) in [6.07, 6.45) is 2.95. The minimum absolute atomic E-state index is 0.273. The number of rotatable bonds is 5. The molecule has 24 heavy (non-hydrogen) atoms. The molecule has 0 saturated carbocycles. The third-order valence-corrected chi connectivity index (χ3v) is 3.02. The summed E-state index contributed by atoms with van der Waals surface area (Å²) in [6, 6.07) is 13.0. The lowest BCUT2D eigenvalue weighted by molar-refractivity contribution is -0.123. The van der Waals surface area contributed by atoms with Crippen LogP contribution in [0, 0.1) is 5.82 Å². The van der Waals surface area contributed by atoms with Gasteiger partial charge in [0.1, 0.15) is 17.3 Å². The van der Waals surface area contributed by atoms with Gasteiger partial charge in [-0.3, -0.25) is 9.78 Å². The summed E-state index contributed by atoms with van der Waals surface area (Å²) in [5.41, 5.74) is 4.34. The number of carbonyl (C=O) groups excluding carboxylic acids is 1. The summed E-state index contributed by atoms with van der Waals surface area (Å²) >= 11 is 0. The van der Waals surface area contributed by atoms with Crippen molar-refractivity contribution in [1.29, 1.82) is 0 Å². The summed E-state index contributed by atoms with van der Waals surface area (Å²) < 4.78 is 18.1. The Morgan fingerprint density at radius 2 is 2.04 bits per heavy atom. The molecule has 6 nitrogen and oxygen atoms in total. The number of para-hydroxylation sites is 2. The van der Waals surface area contributed by atoms with Gasteiger partial charge in [0.2, 0.25) is 0 Å². The van der Waals surface area contributed by atoms with Crippen molar-refractivity contribution in [3.05, 3.63) is 66.2 Å². The van der Waals surface area contributed by atoms with Gasteiger partial charge in [-0.25, -0.2) is 14.8 Å². The smallest absolute Gasteiger partial charge is 0.277 e. The molecule has 120 valence electrons. The third kappa shape index (κ3) is 4.10. The highest BCUT2D eigenvalue weighted by Gasteiger charge is 2.02. The van der Waals surface area contributed by atoms with Crippen LogP contribution in [-0.4, -0.2) is 28.7 Å². The molecule has 2 aromatic carbocycles. The molecule has 1 amide bonds. The lowest BCUT2D eigenvalue weighted by Gasteiger charge is -2.04. The summed E-state index contributed by atoms with van der Waals surface area (Å²) in [6.45, 7) is -0.274. The monoisotopic (exact) mass is 324 g/mol. The molecule has 0 atom stereocenters. The van der Waals surface area contributed by atoms with Gasteiger partial charge in [0, 0.05) is 6.07 Å². The molecule has 7 heteroatoms. The summed E-state index contributed by atoms with van der Waals surface area (Å²) in [5, 5.41) is 3.80. The highest BCUT2D eigenvalue weighted by Crippen LogP contribution is 2.11. The first-order valence-electron chi connectivity index (χ1n) is 7.13. The second kappa shape index (κ2) is 7.28. The fraction of sp³-hybridized carbons (Fsp3) is 0.0588. The predicted molar refractivity (Wildman–Crippen MR) is 87.2 cm³/mol. The van der Waals surface area contributed by atoms with Gasteiger partial charge in [-0.05, 0) is 24.3 Å². The van der Waals surface area contributed by atoms with E-state index in [4.69, 9.17) is 4.74 Å². The van der Waals surface area contributed by atoms with Crippen molar-refractivity contribution in [3.63, 3.8) is 0 Å². The Kier molecular flexibility index (Phi) is 4.71. The summed E-state index contributed by atoms with van der Waals surface area (Å²) in [4.78, 5) is 20.2. The van der Waals surface area contributed by atoms with Gasteiger partial charge in [-0.1, -0.05) is 18.2 Å². The van der Waals surface area contributed by atoms with E-state index in [2.05, 4.69) is 20.5 Å². The highest BCUT2D eigenvalue weighted by atomic mass is 19.1. The highest BCUT2D eigenvalue weighted by molar-refractivity contribution is 5.84. The van der Waals surface area contributed by atoms with Crippen molar-refractivity contribution in [2.24, 2.45) is 5.10 Å². The topological polar surface area (TPSA) is 76.5 Å². The summed E-state index contributed by atoms with van der Waals surface area (Å²) in [7, 11) is 0. The van der Waals surface area contributed by atoms with Crippen molar-refractivity contribution in [2.45, 2.75) is 0 Å². The van der Waals surface area contributed by atoms with Crippen LogP contribution in [0.4, 0.5) is 4.39 Å². The molecule has 0 spiro atoms. The first-order valence-corrected chi connectivity index (χ1v) is 7.13. The van der Waals surface area contributed by atoms with Crippen LogP contribution < -0.4 is 10.2 Å². The molecule has 0 radical (unpaired) electrons. The van der Waals surface area contributed by atoms with Gasteiger partial charge in [0.15, 0.2) is 6.61 Å². The maximum absolute atomic E-state index is 13.0. The molecule has 0 fully saturated rings. The van der Waals surface area contributed by atoms with Crippen LogP contribution >= 0.6 is 0 Å². The molecular formula is C17H13FN4O2. The molecular weight excluding hydrogens is 311 g/mol. The number of halogens is 1. The third-order valence-electron chi connectivity index (χ3n) is 3.02. The molecule has 0 aliphatic rings. The average Bonchev–Trinajstić information content (AvgIpc) is 2.60. The maximum atomic E-state index is 13.0. The van der Waals surface area contributed by atoms with E-state index in [-0.39, 0.29) is 12.4 Å². The number of ether oxygens (including phenoxy) is 1. The minimum atomic E-state index is -0.468. The zero-order valence-corrected chi connectivity index (χ0v) is 12.5. The summed E-state index contributed by atoms with van der Waals surface area (Å²) in [5.74, 6) is -0.625. The van der Waals surface area contributed by atoms with Gasteiger partial charge in [-0.2, -0.15) is 5.10 Å². The van der Waals surface area contributed by atoms with Crippen LogP contribution in [0.1, 0.15) is 5.69 Å². The van der Waals surface area contributed by atoms with E-state index in [1.807, 2.05) is 24.3 Å². The number of hydrazone groups is 1. The number of aromatic nitrogens is 2. The van der Waals surface area contributed by atoms with Crippen LogP contribution in [0.3, 0.4) is 0 Å². The van der Waals surface area contributed by atoms with Crippen molar-refractivity contribution in [2.75, 3.05) is 6.61 Å². The van der Waals surface area contributed by atoms with Crippen molar-refractivity contribution >= 4 is 23.2 Å². The van der Waals surface area contributed by atoms with Gasteiger partial charge in [0.25, 0.3) is 5.91 Å². The zero-order chi connectivity index (χ0) is 16.8. The number of nitrogens with one attached hydrogen (secondary N) is 1. The van der Waals surface area contributed by atoms with E-state index >= 15 is 0 Å². The van der Waals surface area contributed by atoms with Gasteiger partial charge in [-0.15, -0.1) is 0 Å². The molecule has 0 saturated heterocycles. The van der Waals surface area contributed by atoms with Crippen LogP contribution in [0.2, 0.25) is 0 Å². The largest absolute Gasteiger partial charge is 0.484 e. The Morgan fingerprint density at radius 3 is 2.88 bits per heavy atom. The molecule has 1 aromatic heterocycles. The second-order valence-corrected chi connectivity index (χ2v) is 4.82. The Bertz CT molecular complexity index is 898. The first-order chi connectivity index (χ1) is 11.7. The number of carbonyl (C=O) groups is 1. The number of hydrogen-bond donors (Lipinski definition) is 1. The molecule has 0 aliphatic heterocycles. The van der Waals surface area contributed by atoms with Crippen LogP contribution in [0.25, 0.3) is 11.0 Å². The van der Waals surface area contributed by atoms with Crippen molar-refractivity contribution < 1.29 is 13.9 Å². The molecule has 1 N–H and O–H groups in total. The zero-order valence-electron chi connectivity index (χ0n) is 12.5. The van der Waals surface area contributed by atoms with Gasteiger partial charge in [0.05, 0.1) is 23.4 Å². The molecule has 3 rings (SSSR count). The average molecular weight is 324 g/mol. The SMILES string of the molecule is O=C(COc1cccc(F)c1)N/N=C\c1cnc2ccccc2n1. The number of fused-ring (bicyclic) bond motifs is 1. The van der Waals surface area contributed by atoms with Gasteiger partial charge >= 0.3 is 0 Å². The maximum Gasteiger partial charge on any atom is 0.277 e. The standard InChI is InChI=1S/C17H13FN4O2/c18-12-4-3-5-14(8-12)24-11-17(23)22-20-10-13-9-19-15-6-1-2-7-16(15)21-13/h1-10H,11H2,(H,22,23)/b20-10-. The first kappa shape index (κ1) is 15.5. The fourth-order valence-electron chi connectivity index (χ4n) is 1.94. The van der Waals surface area contributed by atoms with Crippen LogP contribution in [-0.2, 0) is 4.79 Å². The van der Waals surface area contributed by atoms with E-state index in [1.165, 1.54) is 24.4 Å². The number of hydrogen-bond acceptors (Lipinski definition) is 5. The lowest BCUT2D eigenvalue weighted by Crippen LogP contribution is -2.24. The van der Waals surface area contributed by atoms with Crippen LogP contribution in [0.5, 0.6) is 5.75 Å². The molecule has 3 aromatic rings. The van der Waals surface area contributed by atoms with E-state index < -0.39 is 11.7 Å². The quantitative estimate of drug-likeness (QED) is 0.577. The number of benzene rings is 2.